The molecule has 0 radical (unpaired) electrons. The van der Waals surface area contributed by atoms with Crippen LogP contribution in [0, 0.1) is 0 Å². The number of amides is 1. The van der Waals surface area contributed by atoms with Gasteiger partial charge < -0.3 is 15.2 Å². The number of hydrogen-bond acceptors (Lipinski definition) is 3. The summed E-state index contributed by atoms with van der Waals surface area (Å²) in [5.74, 6) is 0.140. The molecule has 7 heteroatoms. The van der Waals surface area contributed by atoms with Crippen LogP contribution in [-0.2, 0) is 11.0 Å². The molecule has 0 saturated carbocycles. The highest BCUT2D eigenvalue weighted by Gasteiger charge is 2.30. The summed E-state index contributed by atoms with van der Waals surface area (Å²) in [6.45, 7) is 1.81. The summed E-state index contributed by atoms with van der Waals surface area (Å²) in [5.41, 5.74) is 0.575. The van der Waals surface area contributed by atoms with Crippen molar-refractivity contribution < 1.29 is 27.8 Å². The Labute approximate surface area is 156 Å². The molecule has 2 aromatic rings. The molecular weight excluding hydrogens is 359 g/mol. The van der Waals surface area contributed by atoms with E-state index in [9.17, 15) is 23.1 Å². The van der Waals surface area contributed by atoms with E-state index in [2.05, 4.69) is 5.32 Å². The van der Waals surface area contributed by atoms with E-state index in [0.717, 1.165) is 12.1 Å². The molecule has 1 amide bonds. The van der Waals surface area contributed by atoms with Gasteiger partial charge in [0.15, 0.2) is 0 Å². The molecule has 2 N–H and O–H groups in total. The molecule has 0 heterocycles. The highest BCUT2D eigenvalue weighted by molar-refractivity contribution is 5.76. The molecule has 0 aromatic heterocycles. The Morgan fingerprint density at radius 3 is 2.15 bits per heavy atom. The fourth-order valence-electron chi connectivity index (χ4n) is 2.62. The SMILES string of the molecule is COc1ccc(C(O)CNC(=O)CC(C)c2ccc(C(F)(F)F)cc2)cc1. The molecule has 2 unspecified atom stereocenters. The molecule has 2 rings (SSSR count). The van der Waals surface area contributed by atoms with Crippen molar-refractivity contribution in [1.82, 2.24) is 5.32 Å². The lowest BCUT2D eigenvalue weighted by Crippen LogP contribution is -2.29. The number of ether oxygens (including phenoxy) is 1. The molecule has 0 aliphatic heterocycles. The van der Waals surface area contributed by atoms with Crippen molar-refractivity contribution in [3.05, 3.63) is 65.2 Å². The largest absolute Gasteiger partial charge is 0.497 e. The first-order valence-corrected chi connectivity index (χ1v) is 8.46. The van der Waals surface area contributed by atoms with Crippen LogP contribution in [0.15, 0.2) is 48.5 Å². The maximum Gasteiger partial charge on any atom is 0.416 e. The summed E-state index contributed by atoms with van der Waals surface area (Å²) < 4.78 is 42.8. The van der Waals surface area contributed by atoms with E-state index in [0.29, 0.717) is 16.9 Å². The predicted molar refractivity (Wildman–Crippen MR) is 95.4 cm³/mol. The van der Waals surface area contributed by atoms with Gasteiger partial charge in [0.05, 0.1) is 18.8 Å². The van der Waals surface area contributed by atoms with E-state index in [1.54, 1.807) is 38.3 Å². The Bertz CT molecular complexity index is 743. The number of methoxy groups -OCH3 is 1. The normalized spacial score (nSPS) is 13.7. The van der Waals surface area contributed by atoms with Gasteiger partial charge in [0.25, 0.3) is 0 Å². The number of aliphatic hydroxyl groups excluding tert-OH is 1. The molecule has 0 aliphatic carbocycles. The lowest BCUT2D eigenvalue weighted by Gasteiger charge is -2.16. The summed E-state index contributed by atoms with van der Waals surface area (Å²) in [6, 6.07) is 11.6. The first-order valence-electron chi connectivity index (χ1n) is 8.46. The third-order valence-corrected chi connectivity index (χ3v) is 4.29. The molecular formula is C20H22F3NO3. The predicted octanol–water partition coefficient (Wildman–Crippen LogP) is 4.06. The second-order valence-corrected chi connectivity index (χ2v) is 6.32. The van der Waals surface area contributed by atoms with Crippen LogP contribution in [0.25, 0.3) is 0 Å². The Morgan fingerprint density at radius 2 is 1.63 bits per heavy atom. The molecule has 27 heavy (non-hydrogen) atoms. The van der Waals surface area contributed by atoms with Gasteiger partial charge in [-0.05, 0) is 41.3 Å². The van der Waals surface area contributed by atoms with Gasteiger partial charge in [-0.3, -0.25) is 4.79 Å². The minimum absolute atomic E-state index is 0.0465. The minimum Gasteiger partial charge on any atom is -0.497 e. The highest BCUT2D eigenvalue weighted by Crippen LogP contribution is 2.30. The third kappa shape index (κ3) is 5.99. The number of hydrogen-bond donors (Lipinski definition) is 2. The van der Waals surface area contributed by atoms with Gasteiger partial charge in [0.1, 0.15) is 5.75 Å². The molecule has 0 bridgehead atoms. The van der Waals surface area contributed by atoms with E-state index in [-0.39, 0.29) is 24.8 Å². The molecule has 0 aliphatic rings. The van der Waals surface area contributed by atoms with Crippen LogP contribution in [0.3, 0.4) is 0 Å². The molecule has 2 aromatic carbocycles. The van der Waals surface area contributed by atoms with Crippen molar-refractivity contribution in [3.8, 4) is 5.75 Å². The number of carbonyl (C=O) groups excluding carboxylic acids is 1. The molecule has 0 fully saturated rings. The second kappa shape index (κ2) is 8.90. The standard InChI is InChI=1S/C20H22F3NO3/c1-13(14-3-7-16(8-4-14)20(21,22)23)11-19(26)24-12-18(25)15-5-9-17(27-2)10-6-15/h3-10,13,18,25H,11-12H2,1-2H3,(H,24,26). The van der Waals surface area contributed by atoms with Crippen molar-refractivity contribution in [2.24, 2.45) is 0 Å². The van der Waals surface area contributed by atoms with Crippen LogP contribution in [-0.4, -0.2) is 24.7 Å². The number of aliphatic hydroxyl groups is 1. The van der Waals surface area contributed by atoms with Gasteiger partial charge in [0.2, 0.25) is 5.91 Å². The molecule has 2 atom stereocenters. The van der Waals surface area contributed by atoms with Crippen molar-refractivity contribution >= 4 is 5.91 Å². The van der Waals surface area contributed by atoms with E-state index in [1.807, 2.05) is 0 Å². The van der Waals surface area contributed by atoms with Crippen molar-refractivity contribution in [3.63, 3.8) is 0 Å². The van der Waals surface area contributed by atoms with Gasteiger partial charge >= 0.3 is 6.18 Å². The zero-order chi connectivity index (χ0) is 20.0. The smallest absolute Gasteiger partial charge is 0.416 e. The quantitative estimate of drug-likeness (QED) is 0.761. The van der Waals surface area contributed by atoms with Crippen LogP contribution in [0.4, 0.5) is 13.2 Å². The summed E-state index contributed by atoms with van der Waals surface area (Å²) in [5, 5.41) is 12.8. The number of nitrogens with one attached hydrogen (secondary N) is 1. The van der Waals surface area contributed by atoms with Crippen LogP contribution >= 0.6 is 0 Å². The monoisotopic (exact) mass is 381 g/mol. The number of rotatable bonds is 7. The average molecular weight is 381 g/mol. The Morgan fingerprint density at radius 1 is 1.07 bits per heavy atom. The van der Waals surface area contributed by atoms with E-state index >= 15 is 0 Å². The molecule has 146 valence electrons. The minimum atomic E-state index is -4.38. The van der Waals surface area contributed by atoms with Crippen molar-refractivity contribution in [2.45, 2.75) is 31.5 Å². The summed E-state index contributed by atoms with van der Waals surface area (Å²) in [4.78, 5) is 12.1. The number of halogens is 3. The lowest BCUT2D eigenvalue weighted by atomic mass is 9.96. The summed E-state index contributed by atoms with van der Waals surface area (Å²) in [7, 11) is 1.55. The van der Waals surface area contributed by atoms with Crippen molar-refractivity contribution in [1.29, 1.82) is 0 Å². The maximum atomic E-state index is 12.6. The molecule has 0 saturated heterocycles. The van der Waals surface area contributed by atoms with Crippen molar-refractivity contribution in [2.75, 3.05) is 13.7 Å². The van der Waals surface area contributed by atoms with Crippen LogP contribution < -0.4 is 10.1 Å². The van der Waals surface area contributed by atoms with Gasteiger partial charge in [-0.25, -0.2) is 0 Å². The van der Waals surface area contributed by atoms with Crippen LogP contribution in [0.2, 0.25) is 0 Å². The number of alkyl halides is 3. The first kappa shape index (κ1) is 20.8. The third-order valence-electron chi connectivity index (χ3n) is 4.29. The molecule has 4 nitrogen and oxygen atoms in total. The second-order valence-electron chi connectivity index (χ2n) is 6.32. The van der Waals surface area contributed by atoms with E-state index in [1.165, 1.54) is 12.1 Å². The highest BCUT2D eigenvalue weighted by atomic mass is 19.4. The number of carbonyl (C=O) groups is 1. The molecule has 0 spiro atoms. The van der Waals surface area contributed by atoms with Gasteiger partial charge in [-0.1, -0.05) is 31.2 Å². The fraction of sp³-hybridized carbons (Fsp3) is 0.350. The van der Waals surface area contributed by atoms with E-state index in [4.69, 9.17) is 4.74 Å². The van der Waals surface area contributed by atoms with Gasteiger partial charge in [-0.2, -0.15) is 13.2 Å². The van der Waals surface area contributed by atoms with Crippen LogP contribution in [0.5, 0.6) is 5.75 Å². The Hall–Kier alpha value is -2.54. The van der Waals surface area contributed by atoms with Crippen LogP contribution in [0.1, 0.15) is 42.1 Å². The Kier molecular flexibility index (Phi) is 6.85. The lowest BCUT2D eigenvalue weighted by molar-refractivity contribution is -0.137. The zero-order valence-corrected chi connectivity index (χ0v) is 15.1. The van der Waals surface area contributed by atoms with Gasteiger partial charge in [0, 0.05) is 13.0 Å². The Balaban J connectivity index is 1.85. The first-order chi connectivity index (χ1) is 12.7. The maximum absolute atomic E-state index is 12.6. The van der Waals surface area contributed by atoms with Gasteiger partial charge in [-0.15, -0.1) is 0 Å². The average Bonchev–Trinajstić information content (AvgIpc) is 2.65. The summed E-state index contributed by atoms with van der Waals surface area (Å²) in [6.07, 6.45) is -5.13. The summed E-state index contributed by atoms with van der Waals surface area (Å²) >= 11 is 0. The zero-order valence-electron chi connectivity index (χ0n) is 15.1. The van der Waals surface area contributed by atoms with E-state index < -0.39 is 17.8 Å². The fourth-order valence-corrected chi connectivity index (χ4v) is 2.62. The topological polar surface area (TPSA) is 58.6 Å². The number of benzene rings is 2.